The number of aromatic nitrogens is 1. The molecule has 0 aromatic carbocycles. The molecule has 2 rings (SSSR count). The molecule has 76 valence electrons. The van der Waals surface area contributed by atoms with Gasteiger partial charge in [0.15, 0.2) is 5.82 Å². The third-order valence-corrected chi connectivity index (χ3v) is 2.69. The van der Waals surface area contributed by atoms with Crippen molar-refractivity contribution in [1.82, 2.24) is 4.98 Å². The van der Waals surface area contributed by atoms with Crippen molar-refractivity contribution in [1.29, 1.82) is 0 Å². The normalized spacial score (nSPS) is 15.3. The van der Waals surface area contributed by atoms with Crippen molar-refractivity contribution >= 4 is 11.5 Å². The van der Waals surface area contributed by atoms with Crippen LogP contribution in [0.3, 0.4) is 0 Å². The van der Waals surface area contributed by atoms with Crippen LogP contribution in [-0.2, 0) is 0 Å². The summed E-state index contributed by atoms with van der Waals surface area (Å²) in [5, 5.41) is 3.41. The minimum atomic E-state index is 0.519. The van der Waals surface area contributed by atoms with Gasteiger partial charge in [-0.2, -0.15) is 0 Å². The largest absolute Gasteiger partial charge is 0.380 e. The number of nitrogens with zero attached hydrogens (tertiary/aromatic N) is 2. The molecule has 0 atom stereocenters. The Bertz CT molecular complexity index is 333. The van der Waals surface area contributed by atoms with Gasteiger partial charge in [-0.15, -0.1) is 0 Å². The van der Waals surface area contributed by atoms with E-state index in [0.717, 1.165) is 18.9 Å². The minimum Gasteiger partial charge on any atom is -0.380 e. The first-order valence-electron chi connectivity index (χ1n) is 5.16. The van der Waals surface area contributed by atoms with Crippen molar-refractivity contribution in [3.05, 3.63) is 17.8 Å². The highest BCUT2D eigenvalue weighted by molar-refractivity contribution is 5.71. The SMILES string of the molecule is Cc1ccnc2c1NCCN2C(C)C. The van der Waals surface area contributed by atoms with Crippen molar-refractivity contribution in [3.63, 3.8) is 0 Å². The Labute approximate surface area is 85.1 Å². The van der Waals surface area contributed by atoms with Crippen LogP contribution in [0.15, 0.2) is 12.3 Å². The van der Waals surface area contributed by atoms with Gasteiger partial charge in [0, 0.05) is 25.3 Å². The zero-order valence-electron chi connectivity index (χ0n) is 9.04. The van der Waals surface area contributed by atoms with Gasteiger partial charge in [0.05, 0.1) is 5.69 Å². The van der Waals surface area contributed by atoms with E-state index in [4.69, 9.17) is 0 Å². The van der Waals surface area contributed by atoms with E-state index in [1.54, 1.807) is 0 Å². The highest BCUT2D eigenvalue weighted by atomic mass is 15.3. The molecule has 3 heteroatoms. The smallest absolute Gasteiger partial charge is 0.152 e. The molecule has 1 aliphatic heterocycles. The van der Waals surface area contributed by atoms with Crippen molar-refractivity contribution in [3.8, 4) is 0 Å². The first kappa shape index (κ1) is 9.31. The Morgan fingerprint density at radius 2 is 2.29 bits per heavy atom. The summed E-state index contributed by atoms with van der Waals surface area (Å²) >= 11 is 0. The maximum atomic E-state index is 4.45. The zero-order valence-corrected chi connectivity index (χ0v) is 9.04. The van der Waals surface area contributed by atoms with Gasteiger partial charge in [0.25, 0.3) is 0 Å². The summed E-state index contributed by atoms with van der Waals surface area (Å²) in [5.41, 5.74) is 2.48. The fraction of sp³-hybridized carbons (Fsp3) is 0.545. The lowest BCUT2D eigenvalue weighted by molar-refractivity contribution is 0.670. The standard InChI is InChI=1S/C11H17N3/c1-8(2)14-7-6-12-10-9(3)4-5-13-11(10)14/h4-5,8,12H,6-7H2,1-3H3. The second-order valence-corrected chi connectivity index (χ2v) is 4.04. The van der Waals surface area contributed by atoms with E-state index in [1.807, 2.05) is 6.20 Å². The number of pyridine rings is 1. The number of anilines is 2. The Kier molecular flexibility index (Phi) is 2.32. The van der Waals surface area contributed by atoms with Crippen molar-refractivity contribution in [2.45, 2.75) is 26.8 Å². The zero-order chi connectivity index (χ0) is 10.1. The van der Waals surface area contributed by atoms with Gasteiger partial charge in [0.1, 0.15) is 0 Å². The van der Waals surface area contributed by atoms with Crippen molar-refractivity contribution in [2.75, 3.05) is 23.3 Å². The van der Waals surface area contributed by atoms with Crippen LogP contribution < -0.4 is 10.2 Å². The molecule has 0 radical (unpaired) electrons. The van der Waals surface area contributed by atoms with Crippen LogP contribution in [0, 0.1) is 6.92 Å². The molecule has 1 N–H and O–H groups in total. The Hall–Kier alpha value is -1.25. The molecule has 0 saturated carbocycles. The quantitative estimate of drug-likeness (QED) is 0.736. The van der Waals surface area contributed by atoms with E-state index in [2.05, 4.69) is 42.0 Å². The molecular formula is C11H17N3. The number of rotatable bonds is 1. The topological polar surface area (TPSA) is 28.2 Å². The van der Waals surface area contributed by atoms with Gasteiger partial charge in [-0.25, -0.2) is 4.98 Å². The van der Waals surface area contributed by atoms with Gasteiger partial charge < -0.3 is 10.2 Å². The van der Waals surface area contributed by atoms with E-state index in [0.29, 0.717) is 6.04 Å². The second-order valence-electron chi connectivity index (χ2n) is 4.04. The number of fused-ring (bicyclic) bond motifs is 1. The van der Waals surface area contributed by atoms with Gasteiger partial charge >= 0.3 is 0 Å². The summed E-state index contributed by atoms with van der Waals surface area (Å²) in [6, 6.07) is 2.57. The maximum Gasteiger partial charge on any atom is 0.152 e. The summed E-state index contributed by atoms with van der Waals surface area (Å²) < 4.78 is 0. The van der Waals surface area contributed by atoms with E-state index >= 15 is 0 Å². The number of aryl methyl sites for hydroxylation is 1. The molecule has 0 saturated heterocycles. The lowest BCUT2D eigenvalue weighted by Gasteiger charge is -2.34. The maximum absolute atomic E-state index is 4.45. The summed E-state index contributed by atoms with van der Waals surface area (Å²) in [7, 11) is 0. The van der Waals surface area contributed by atoms with Crippen LogP contribution in [0.1, 0.15) is 19.4 Å². The van der Waals surface area contributed by atoms with Gasteiger partial charge in [0.2, 0.25) is 0 Å². The van der Waals surface area contributed by atoms with Gasteiger partial charge in [-0.1, -0.05) is 0 Å². The molecule has 0 aliphatic carbocycles. The Balaban J connectivity index is 2.44. The molecule has 0 fully saturated rings. The van der Waals surface area contributed by atoms with Crippen molar-refractivity contribution in [2.24, 2.45) is 0 Å². The van der Waals surface area contributed by atoms with Gasteiger partial charge in [-0.05, 0) is 32.4 Å². The van der Waals surface area contributed by atoms with E-state index in [9.17, 15) is 0 Å². The summed E-state index contributed by atoms with van der Waals surface area (Å²) in [4.78, 5) is 6.79. The molecule has 1 aliphatic rings. The van der Waals surface area contributed by atoms with Crippen LogP contribution in [0.4, 0.5) is 11.5 Å². The monoisotopic (exact) mass is 191 g/mol. The lowest BCUT2D eigenvalue weighted by Crippen LogP contribution is -2.39. The van der Waals surface area contributed by atoms with Crippen molar-refractivity contribution < 1.29 is 0 Å². The van der Waals surface area contributed by atoms with Crippen LogP contribution in [0.2, 0.25) is 0 Å². The van der Waals surface area contributed by atoms with Crippen LogP contribution in [-0.4, -0.2) is 24.1 Å². The molecule has 1 aromatic heterocycles. The molecular weight excluding hydrogens is 174 g/mol. The summed E-state index contributed by atoms with van der Waals surface area (Å²) in [5.74, 6) is 1.10. The van der Waals surface area contributed by atoms with Crippen LogP contribution in [0.25, 0.3) is 0 Å². The van der Waals surface area contributed by atoms with E-state index in [-0.39, 0.29) is 0 Å². The van der Waals surface area contributed by atoms with Crippen LogP contribution >= 0.6 is 0 Å². The molecule has 0 unspecified atom stereocenters. The predicted molar refractivity (Wildman–Crippen MR) is 59.9 cm³/mol. The first-order chi connectivity index (χ1) is 6.70. The minimum absolute atomic E-state index is 0.519. The molecule has 0 bridgehead atoms. The number of nitrogens with one attached hydrogen (secondary N) is 1. The van der Waals surface area contributed by atoms with Gasteiger partial charge in [-0.3, -0.25) is 0 Å². The highest BCUT2D eigenvalue weighted by Crippen LogP contribution is 2.30. The third kappa shape index (κ3) is 1.43. The molecule has 1 aromatic rings. The first-order valence-corrected chi connectivity index (χ1v) is 5.16. The third-order valence-electron chi connectivity index (χ3n) is 2.69. The fourth-order valence-corrected chi connectivity index (χ4v) is 1.89. The summed E-state index contributed by atoms with van der Waals surface area (Å²) in [6.45, 7) is 8.59. The second kappa shape index (κ2) is 3.48. The summed E-state index contributed by atoms with van der Waals surface area (Å²) in [6.07, 6.45) is 1.89. The number of hydrogen-bond donors (Lipinski definition) is 1. The van der Waals surface area contributed by atoms with Crippen LogP contribution in [0.5, 0.6) is 0 Å². The number of hydrogen-bond acceptors (Lipinski definition) is 3. The Morgan fingerprint density at radius 1 is 1.50 bits per heavy atom. The molecule has 0 spiro atoms. The lowest BCUT2D eigenvalue weighted by atomic mass is 10.1. The molecule has 3 nitrogen and oxygen atoms in total. The van der Waals surface area contributed by atoms with E-state index < -0.39 is 0 Å². The molecule has 2 heterocycles. The fourth-order valence-electron chi connectivity index (χ4n) is 1.89. The average Bonchev–Trinajstić information content (AvgIpc) is 2.17. The van der Waals surface area contributed by atoms with E-state index in [1.165, 1.54) is 11.3 Å². The highest BCUT2D eigenvalue weighted by Gasteiger charge is 2.20. The molecule has 0 amide bonds. The predicted octanol–water partition coefficient (Wildman–Crippen LogP) is 2.03. The Morgan fingerprint density at radius 3 is 3.00 bits per heavy atom. The molecule has 14 heavy (non-hydrogen) atoms. The average molecular weight is 191 g/mol.